The van der Waals surface area contributed by atoms with Crippen molar-refractivity contribution in [3.05, 3.63) is 63.6 Å². The van der Waals surface area contributed by atoms with Crippen LogP contribution in [0.3, 0.4) is 0 Å². The number of hydrogen-bond acceptors (Lipinski definition) is 3. The number of aldehydes is 1. The molecule has 0 aromatic heterocycles. The molecule has 0 radical (unpaired) electrons. The van der Waals surface area contributed by atoms with E-state index in [9.17, 15) is 4.79 Å². The van der Waals surface area contributed by atoms with Gasteiger partial charge in [-0.2, -0.15) is 0 Å². The molecule has 1 N–H and O–H groups in total. The van der Waals surface area contributed by atoms with Crippen LogP contribution in [0.4, 0.5) is 0 Å². The largest absolute Gasteiger partial charge is 0.494 e. The maximum absolute atomic E-state index is 12.8. The Balaban J connectivity index is 0.000000914. The number of hydrogen-bond donors (Lipinski definition) is 1. The van der Waals surface area contributed by atoms with Crippen LogP contribution < -0.4 is 10.1 Å². The minimum atomic E-state index is -0.363. The Hall–Kier alpha value is -2.04. The number of ether oxygens (including phenoxy) is 1. The average Bonchev–Trinajstić information content (AvgIpc) is 2.98. The second kappa shape index (κ2) is 11.4. The summed E-state index contributed by atoms with van der Waals surface area (Å²) < 4.78 is 5.62. The lowest BCUT2D eigenvalue weighted by molar-refractivity contribution is -0.129. The van der Waals surface area contributed by atoms with E-state index in [0.717, 1.165) is 40.5 Å². The van der Waals surface area contributed by atoms with Gasteiger partial charge in [0.25, 0.3) is 0 Å². The fraction of sp³-hybridized carbons (Fsp3) is 0.481. The first-order chi connectivity index (χ1) is 15.3. The van der Waals surface area contributed by atoms with Crippen molar-refractivity contribution in [1.29, 1.82) is 0 Å². The van der Waals surface area contributed by atoms with Crippen LogP contribution in [0, 0.1) is 11.3 Å². The molecule has 2 aliphatic rings. The third-order valence-corrected chi connectivity index (χ3v) is 7.46. The topological polar surface area (TPSA) is 55.4 Å². The van der Waals surface area contributed by atoms with Gasteiger partial charge in [0, 0.05) is 22.0 Å². The van der Waals surface area contributed by atoms with Gasteiger partial charge in [-0.05, 0) is 80.8 Å². The number of rotatable bonds is 4. The van der Waals surface area contributed by atoms with E-state index in [4.69, 9.17) is 32.7 Å². The second-order valence-corrected chi connectivity index (χ2v) is 9.62. The van der Waals surface area contributed by atoms with Crippen LogP contribution in [0.2, 0.25) is 10.0 Å². The first kappa shape index (κ1) is 27.2. The summed E-state index contributed by atoms with van der Waals surface area (Å²) in [4.78, 5) is 21.6. The molecule has 4 rings (SSSR count). The fourth-order valence-electron chi connectivity index (χ4n) is 5.58. The summed E-state index contributed by atoms with van der Waals surface area (Å²) >= 11 is 12.9. The molecule has 1 aliphatic heterocycles. The van der Waals surface area contributed by atoms with Gasteiger partial charge in [0.05, 0.1) is 12.0 Å². The Morgan fingerprint density at radius 3 is 2.39 bits per heavy atom. The van der Waals surface area contributed by atoms with E-state index in [1.807, 2.05) is 31.2 Å². The Morgan fingerprint density at radius 1 is 1.18 bits per heavy atom. The maximum atomic E-state index is 12.8. The summed E-state index contributed by atoms with van der Waals surface area (Å²) in [7, 11) is 0. The van der Waals surface area contributed by atoms with Crippen molar-refractivity contribution in [2.24, 2.45) is 11.3 Å². The first-order valence-corrected chi connectivity index (χ1v) is 11.9. The van der Waals surface area contributed by atoms with Gasteiger partial charge in [-0.1, -0.05) is 55.8 Å². The van der Waals surface area contributed by atoms with Crippen molar-refractivity contribution < 1.29 is 14.3 Å². The number of amides is 1. The van der Waals surface area contributed by atoms with E-state index < -0.39 is 0 Å². The van der Waals surface area contributed by atoms with Crippen LogP contribution in [-0.2, 0) is 9.59 Å². The molecular formula is C27H35Cl2NO3. The molecule has 2 aromatic rings. The minimum Gasteiger partial charge on any atom is -0.494 e. The van der Waals surface area contributed by atoms with Crippen molar-refractivity contribution in [1.82, 2.24) is 5.32 Å². The minimum absolute atomic E-state index is 0. The number of fused-ring (bicyclic) bond motifs is 1. The molecule has 1 saturated carbocycles. The summed E-state index contributed by atoms with van der Waals surface area (Å²) in [6.07, 6.45) is 2.51. The normalized spacial score (nSPS) is 27.9. The highest BCUT2D eigenvalue weighted by Gasteiger charge is 2.57. The van der Waals surface area contributed by atoms with Gasteiger partial charge in [0.1, 0.15) is 12.0 Å². The summed E-state index contributed by atoms with van der Waals surface area (Å²) in [6, 6.07) is 14.2. The van der Waals surface area contributed by atoms with Crippen LogP contribution in [0.1, 0.15) is 70.9 Å². The highest BCUT2D eigenvalue weighted by atomic mass is 35.5. The Bertz CT molecular complexity index is 962. The SMILES string of the molecule is C.CC=O.CCOc1ccc(C2CCC3(C)C(=O)NC(C)C3C2c2ccc(Cl)cc2)c(Cl)c1. The third kappa shape index (κ3) is 5.38. The lowest BCUT2D eigenvalue weighted by Crippen LogP contribution is -2.42. The van der Waals surface area contributed by atoms with Crippen LogP contribution >= 0.6 is 23.2 Å². The maximum Gasteiger partial charge on any atom is 0.226 e. The molecule has 6 heteroatoms. The Kier molecular flexibility index (Phi) is 9.39. The molecule has 180 valence electrons. The fourth-order valence-corrected chi connectivity index (χ4v) is 6.01. The lowest BCUT2D eigenvalue weighted by atomic mass is 9.56. The lowest BCUT2D eigenvalue weighted by Gasteiger charge is -2.46. The zero-order chi connectivity index (χ0) is 23.5. The number of carbonyl (C=O) groups excluding carboxylic acids is 2. The highest BCUT2D eigenvalue weighted by Crippen LogP contribution is 2.59. The number of nitrogens with one attached hydrogen (secondary N) is 1. The van der Waals surface area contributed by atoms with Gasteiger partial charge >= 0.3 is 0 Å². The summed E-state index contributed by atoms with van der Waals surface area (Å²) in [5.74, 6) is 1.56. The van der Waals surface area contributed by atoms with Crippen molar-refractivity contribution in [3.63, 3.8) is 0 Å². The van der Waals surface area contributed by atoms with E-state index in [1.54, 1.807) is 0 Å². The molecule has 4 nitrogen and oxygen atoms in total. The molecule has 33 heavy (non-hydrogen) atoms. The predicted octanol–water partition coefficient (Wildman–Crippen LogP) is 7.04. The summed E-state index contributed by atoms with van der Waals surface area (Å²) in [6.45, 7) is 8.26. The summed E-state index contributed by atoms with van der Waals surface area (Å²) in [5.41, 5.74) is 1.98. The quantitative estimate of drug-likeness (QED) is 0.466. The van der Waals surface area contributed by atoms with E-state index in [2.05, 4.69) is 37.4 Å². The van der Waals surface area contributed by atoms with Crippen molar-refractivity contribution >= 4 is 35.4 Å². The predicted molar refractivity (Wildman–Crippen MR) is 136 cm³/mol. The monoisotopic (exact) mass is 491 g/mol. The number of halogens is 2. The van der Waals surface area contributed by atoms with Crippen LogP contribution in [0.15, 0.2) is 42.5 Å². The van der Waals surface area contributed by atoms with Gasteiger partial charge < -0.3 is 14.8 Å². The Morgan fingerprint density at radius 2 is 1.82 bits per heavy atom. The van der Waals surface area contributed by atoms with E-state index in [-0.39, 0.29) is 42.5 Å². The van der Waals surface area contributed by atoms with Gasteiger partial charge in [-0.15, -0.1) is 0 Å². The van der Waals surface area contributed by atoms with E-state index in [0.29, 0.717) is 6.61 Å². The molecule has 5 unspecified atom stereocenters. The molecule has 1 heterocycles. The number of benzene rings is 2. The highest BCUT2D eigenvalue weighted by molar-refractivity contribution is 6.31. The second-order valence-electron chi connectivity index (χ2n) is 8.78. The summed E-state index contributed by atoms with van der Waals surface area (Å²) in [5, 5.41) is 4.65. The zero-order valence-electron chi connectivity index (χ0n) is 19.0. The van der Waals surface area contributed by atoms with Crippen LogP contribution in [0.25, 0.3) is 0 Å². The average molecular weight is 492 g/mol. The van der Waals surface area contributed by atoms with Gasteiger partial charge in [-0.25, -0.2) is 0 Å². The number of carbonyl (C=O) groups is 2. The van der Waals surface area contributed by atoms with E-state index >= 15 is 0 Å². The molecule has 0 bridgehead atoms. The van der Waals surface area contributed by atoms with Gasteiger partial charge in [0.2, 0.25) is 5.91 Å². The van der Waals surface area contributed by atoms with Gasteiger partial charge in [-0.3, -0.25) is 4.79 Å². The molecule has 5 atom stereocenters. The van der Waals surface area contributed by atoms with Crippen molar-refractivity contribution in [3.8, 4) is 5.75 Å². The molecule has 2 fully saturated rings. The van der Waals surface area contributed by atoms with Crippen LogP contribution in [-0.4, -0.2) is 24.8 Å². The smallest absolute Gasteiger partial charge is 0.226 e. The Labute approximate surface area is 208 Å². The molecular weight excluding hydrogens is 457 g/mol. The molecule has 1 amide bonds. The van der Waals surface area contributed by atoms with Crippen molar-refractivity contribution in [2.45, 2.75) is 65.8 Å². The standard InChI is InChI=1S/C24H27Cl2NO2.C2H4O.CH4/c1-4-29-17-9-10-18(20(26)13-17)19-11-12-24(3)22(14(2)27-23(24)28)21(19)15-5-7-16(25)8-6-15;1-2-3;/h5-10,13-14,19,21-22H,4,11-12H2,1-3H3,(H,27,28);2H,1H3;1H4. The van der Waals surface area contributed by atoms with Crippen molar-refractivity contribution in [2.75, 3.05) is 6.61 Å². The first-order valence-electron chi connectivity index (χ1n) is 11.1. The molecule has 1 aliphatic carbocycles. The molecule has 0 spiro atoms. The van der Waals surface area contributed by atoms with Crippen LogP contribution in [0.5, 0.6) is 5.75 Å². The van der Waals surface area contributed by atoms with Gasteiger partial charge in [0.15, 0.2) is 0 Å². The zero-order valence-corrected chi connectivity index (χ0v) is 20.5. The molecule has 2 aromatic carbocycles. The third-order valence-electron chi connectivity index (χ3n) is 6.88. The van der Waals surface area contributed by atoms with E-state index in [1.165, 1.54) is 12.5 Å². The molecule has 1 saturated heterocycles.